The molecule has 0 aromatic heterocycles. The summed E-state index contributed by atoms with van der Waals surface area (Å²) in [7, 11) is 1.72. The first-order valence-electron chi connectivity index (χ1n) is 5.15. The molecule has 15 heavy (non-hydrogen) atoms. The van der Waals surface area contributed by atoms with Crippen LogP contribution in [0.25, 0.3) is 0 Å². The van der Waals surface area contributed by atoms with Gasteiger partial charge in [0.15, 0.2) is 0 Å². The SMILES string of the molecule is CN(C(=O)C1CCC(=O)N1)C(C)(C)CN. The molecule has 1 aliphatic rings. The maximum absolute atomic E-state index is 12.0. The highest BCUT2D eigenvalue weighted by molar-refractivity contribution is 5.91. The quantitative estimate of drug-likeness (QED) is 0.661. The molecule has 0 radical (unpaired) electrons. The van der Waals surface area contributed by atoms with Gasteiger partial charge in [-0.15, -0.1) is 0 Å². The fraction of sp³-hybridized carbons (Fsp3) is 0.800. The number of nitrogens with two attached hydrogens (primary N) is 1. The second-order valence-electron chi connectivity index (χ2n) is 4.57. The second-order valence-corrected chi connectivity index (χ2v) is 4.57. The van der Waals surface area contributed by atoms with Gasteiger partial charge in [-0.3, -0.25) is 9.59 Å². The molecule has 5 nitrogen and oxygen atoms in total. The maximum atomic E-state index is 12.0. The van der Waals surface area contributed by atoms with Gasteiger partial charge in [0.1, 0.15) is 6.04 Å². The average Bonchev–Trinajstić information content (AvgIpc) is 2.62. The summed E-state index contributed by atoms with van der Waals surface area (Å²) in [6, 6.07) is -0.367. The zero-order chi connectivity index (χ0) is 11.6. The van der Waals surface area contributed by atoms with Crippen molar-refractivity contribution in [2.45, 2.75) is 38.3 Å². The normalized spacial score (nSPS) is 21.3. The van der Waals surface area contributed by atoms with Crippen molar-refractivity contribution in [2.75, 3.05) is 13.6 Å². The molecule has 0 aromatic rings. The Labute approximate surface area is 90.0 Å². The maximum Gasteiger partial charge on any atom is 0.245 e. The lowest BCUT2D eigenvalue weighted by Gasteiger charge is -2.36. The Bertz CT molecular complexity index is 276. The number of carbonyl (C=O) groups excluding carboxylic acids is 2. The third kappa shape index (κ3) is 2.47. The molecule has 0 bridgehead atoms. The van der Waals surface area contributed by atoms with Crippen LogP contribution in [-0.2, 0) is 9.59 Å². The number of nitrogens with zero attached hydrogens (tertiary/aromatic N) is 1. The summed E-state index contributed by atoms with van der Waals surface area (Å²) in [5, 5.41) is 2.66. The van der Waals surface area contributed by atoms with Crippen LogP contribution < -0.4 is 11.1 Å². The first kappa shape index (κ1) is 12.0. The lowest BCUT2D eigenvalue weighted by molar-refractivity contribution is -0.137. The van der Waals surface area contributed by atoms with Crippen molar-refractivity contribution in [2.24, 2.45) is 5.73 Å². The monoisotopic (exact) mass is 213 g/mol. The lowest BCUT2D eigenvalue weighted by atomic mass is 10.0. The van der Waals surface area contributed by atoms with Gasteiger partial charge in [0.05, 0.1) is 0 Å². The van der Waals surface area contributed by atoms with Crippen molar-refractivity contribution in [3.8, 4) is 0 Å². The summed E-state index contributed by atoms with van der Waals surface area (Å²) in [4.78, 5) is 24.6. The van der Waals surface area contributed by atoms with E-state index in [4.69, 9.17) is 5.73 Å². The van der Waals surface area contributed by atoms with Crippen molar-refractivity contribution in [1.29, 1.82) is 0 Å². The third-order valence-corrected chi connectivity index (χ3v) is 3.03. The summed E-state index contributed by atoms with van der Waals surface area (Å²) < 4.78 is 0. The molecule has 1 atom stereocenters. The van der Waals surface area contributed by atoms with Crippen LogP contribution in [0.2, 0.25) is 0 Å². The fourth-order valence-corrected chi connectivity index (χ4v) is 1.47. The van der Waals surface area contributed by atoms with E-state index >= 15 is 0 Å². The molecule has 86 valence electrons. The highest BCUT2D eigenvalue weighted by Crippen LogP contribution is 2.15. The topological polar surface area (TPSA) is 75.4 Å². The third-order valence-electron chi connectivity index (χ3n) is 3.03. The van der Waals surface area contributed by atoms with Gasteiger partial charge >= 0.3 is 0 Å². The van der Waals surface area contributed by atoms with Crippen molar-refractivity contribution in [3.05, 3.63) is 0 Å². The van der Waals surface area contributed by atoms with E-state index in [0.717, 1.165) is 0 Å². The Morgan fingerprint density at radius 2 is 2.27 bits per heavy atom. The number of hydrogen-bond acceptors (Lipinski definition) is 3. The molecule has 0 aliphatic carbocycles. The van der Waals surface area contributed by atoms with Gasteiger partial charge in [0.2, 0.25) is 11.8 Å². The first-order valence-corrected chi connectivity index (χ1v) is 5.15. The smallest absolute Gasteiger partial charge is 0.245 e. The minimum Gasteiger partial charge on any atom is -0.344 e. The molecule has 0 saturated carbocycles. The zero-order valence-corrected chi connectivity index (χ0v) is 9.54. The molecule has 1 saturated heterocycles. The molecule has 1 fully saturated rings. The van der Waals surface area contributed by atoms with Gasteiger partial charge in [-0.05, 0) is 20.3 Å². The van der Waals surface area contributed by atoms with Crippen molar-refractivity contribution in [3.63, 3.8) is 0 Å². The van der Waals surface area contributed by atoms with Gasteiger partial charge < -0.3 is 16.0 Å². The Morgan fingerprint density at radius 3 is 2.67 bits per heavy atom. The predicted molar refractivity (Wildman–Crippen MR) is 57.1 cm³/mol. The van der Waals surface area contributed by atoms with E-state index in [1.807, 2.05) is 13.8 Å². The van der Waals surface area contributed by atoms with E-state index in [1.165, 1.54) is 0 Å². The van der Waals surface area contributed by atoms with Crippen LogP contribution in [0.3, 0.4) is 0 Å². The minimum absolute atomic E-state index is 0.0488. The van der Waals surface area contributed by atoms with Crippen molar-refractivity contribution in [1.82, 2.24) is 10.2 Å². The number of nitrogens with one attached hydrogen (secondary N) is 1. The first-order chi connectivity index (χ1) is 6.88. The van der Waals surface area contributed by atoms with Crippen LogP contribution in [0.1, 0.15) is 26.7 Å². The molecule has 5 heteroatoms. The average molecular weight is 213 g/mol. The summed E-state index contributed by atoms with van der Waals surface area (Å²) in [6.07, 6.45) is 1.02. The van der Waals surface area contributed by atoms with Gasteiger partial charge in [-0.25, -0.2) is 0 Å². The van der Waals surface area contributed by atoms with Crippen LogP contribution in [0.4, 0.5) is 0 Å². The van der Waals surface area contributed by atoms with Gasteiger partial charge in [-0.2, -0.15) is 0 Å². The summed E-state index contributed by atoms with van der Waals surface area (Å²) >= 11 is 0. The highest BCUT2D eigenvalue weighted by atomic mass is 16.2. The Hall–Kier alpha value is -1.10. The lowest BCUT2D eigenvalue weighted by Crippen LogP contribution is -2.54. The molecular formula is C10H19N3O2. The summed E-state index contributed by atoms with van der Waals surface area (Å²) in [5.74, 6) is -0.108. The Morgan fingerprint density at radius 1 is 1.67 bits per heavy atom. The van der Waals surface area contributed by atoms with E-state index in [2.05, 4.69) is 5.32 Å². The summed E-state index contributed by atoms with van der Waals surface area (Å²) in [5.41, 5.74) is 5.22. The largest absolute Gasteiger partial charge is 0.344 e. The minimum atomic E-state index is -0.371. The van der Waals surface area contributed by atoms with Crippen LogP contribution in [0, 0.1) is 0 Å². The van der Waals surface area contributed by atoms with Crippen LogP contribution in [0.15, 0.2) is 0 Å². The number of hydrogen-bond donors (Lipinski definition) is 2. The van der Waals surface area contributed by atoms with Crippen molar-refractivity contribution < 1.29 is 9.59 Å². The molecule has 3 N–H and O–H groups in total. The molecular weight excluding hydrogens is 194 g/mol. The van der Waals surface area contributed by atoms with Gasteiger partial charge in [0.25, 0.3) is 0 Å². The van der Waals surface area contributed by atoms with Crippen LogP contribution in [-0.4, -0.2) is 41.9 Å². The van der Waals surface area contributed by atoms with E-state index in [9.17, 15) is 9.59 Å². The predicted octanol–water partition coefficient (Wildman–Crippen LogP) is -0.539. The van der Waals surface area contributed by atoms with Gasteiger partial charge in [0, 0.05) is 25.6 Å². The van der Waals surface area contributed by atoms with Crippen LogP contribution in [0.5, 0.6) is 0 Å². The van der Waals surface area contributed by atoms with Crippen molar-refractivity contribution >= 4 is 11.8 Å². The molecule has 1 heterocycles. The Kier molecular flexibility index (Phi) is 3.34. The standard InChI is InChI=1S/C10H19N3O2/c1-10(2,6-11)13(3)9(15)7-4-5-8(14)12-7/h7H,4-6,11H2,1-3H3,(H,12,14). The Balaban J connectivity index is 2.64. The number of carbonyl (C=O) groups is 2. The zero-order valence-electron chi connectivity index (χ0n) is 9.54. The number of likely N-dealkylation sites (N-methyl/N-ethyl adjacent to an activating group) is 1. The van der Waals surface area contributed by atoms with E-state index in [0.29, 0.717) is 19.4 Å². The fourth-order valence-electron chi connectivity index (χ4n) is 1.47. The molecule has 0 spiro atoms. The molecule has 1 aliphatic heterocycles. The second kappa shape index (κ2) is 4.18. The molecule has 1 unspecified atom stereocenters. The van der Waals surface area contributed by atoms with Gasteiger partial charge in [-0.1, -0.05) is 0 Å². The number of amides is 2. The van der Waals surface area contributed by atoms with E-state index in [1.54, 1.807) is 11.9 Å². The number of rotatable bonds is 3. The van der Waals surface area contributed by atoms with E-state index < -0.39 is 0 Å². The van der Waals surface area contributed by atoms with Crippen LogP contribution >= 0.6 is 0 Å². The molecule has 0 aromatic carbocycles. The highest BCUT2D eigenvalue weighted by Gasteiger charge is 2.34. The summed E-state index contributed by atoms with van der Waals surface area (Å²) in [6.45, 7) is 4.21. The van der Waals surface area contributed by atoms with E-state index in [-0.39, 0.29) is 23.4 Å². The molecule has 1 rings (SSSR count). The molecule has 2 amide bonds.